The largest absolute Gasteiger partial charge is 0.411 e. The Morgan fingerprint density at radius 1 is 1.26 bits per heavy atom. The molecule has 144 valence electrons. The van der Waals surface area contributed by atoms with Gasteiger partial charge in [0.2, 0.25) is 11.8 Å². The number of fused-ring (bicyclic) bond motifs is 2. The molecule has 2 bridgehead atoms. The fraction of sp³-hybridized carbons (Fsp3) is 0.571. The van der Waals surface area contributed by atoms with Gasteiger partial charge in [-0.15, -0.1) is 10.2 Å². The van der Waals surface area contributed by atoms with Crippen molar-refractivity contribution in [3.8, 4) is 11.5 Å². The first-order chi connectivity index (χ1) is 12.7. The van der Waals surface area contributed by atoms with E-state index in [0.717, 1.165) is 30.5 Å². The van der Waals surface area contributed by atoms with Gasteiger partial charge in [0.05, 0.1) is 5.75 Å². The number of likely N-dealkylation sites (tertiary alicyclic amines) is 1. The van der Waals surface area contributed by atoms with Crippen LogP contribution in [0.1, 0.15) is 45.6 Å². The van der Waals surface area contributed by atoms with Gasteiger partial charge in [-0.2, -0.15) is 0 Å². The lowest BCUT2D eigenvalue weighted by molar-refractivity contribution is -0.129. The van der Waals surface area contributed by atoms with Crippen molar-refractivity contribution in [3.05, 3.63) is 29.8 Å². The number of aryl methyl sites for hydroxylation is 1. The van der Waals surface area contributed by atoms with Crippen molar-refractivity contribution in [2.24, 2.45) is 10.8 Å². The summed E-state index contributed by atoms with van der Waals surface area (Å²) in [5.41, 5.74) is 2.60. The topological polar surface area (TPSA) is 59.2 Å². The Labute approximate surface area is 164 Å². The monoisotopic (exact) mass is 385 g/mol. The van der Waals surface area contributed by atoms with Crippen LogP contribution in [-0.2, 0) is 4.79 Å². The van der Waals surface area contributed by atoms with E-state index in [1.54, 1.807) is 0 Å². The van der Waals surface area contributed by atoms with E-state index in [9.17, 15) is 4.79 Å². The number of hydrogen-bond acceptors (Lipinski definition) is 5. The van der Waals surface area contributed by atoms with E-state index < -0.39 is 0 Å². The van der Waals surface area contributed by atoms with E-state index in [1.807, 2.05) is 31.2 Å². The van der Waals surface area contributed by atoms with Crippen molar-refractivity contribution < 1.29 is 9.21 Å². The van der Waals surface area contributed by atoms with Crippen LogP contribution in [0.25, 0.3) is 11.5 Å². The second kappa shape index (κ2) is 6.66. The molecule has 1 amide bonds. The zero-order chi connectivity index (χ0) is 19.2. The normalized spacial score (nSPS) is 26.4. The predicted molar refractivity (Wildman–Crippen MR) is 106 cm³/mol. The van der Waals surface area contributed by atoms with Crippen LogP contribution in [0, 0.1) is 17.8 Å². The van der Waals surface area contributed by atoms with E-state index in [2.05, 4.69) is 35.9 Å². The molecule has 2 aromatic rings. The highest BCUT2D eigenvalue weighted by Crippen LogP contribution is 2.52. The van der Waals surface area contributed by atoms with Crippen LogP contribution in [0.15, 0.2) is 33.9 Å². The molecule has 2 aliphatic rings. The summed E-state index contributed by atoms with van der Waals surface area (Å²) in [5.74, 6) is 1.04. The molecule has 0 spiro atoms. The Bertz CT molecular complexity index is 863. The first kappa shape index (κ1) is 18.5. The Morgan fingerprint density at radius 2 is 2.04 bits per heavy atom. The van der Waals surface area contributed by atoms with E-state index in [4.69, 9.17) is 4.42 Å². The third-order valence-electron chi connectivity index (χ3n) is 5.84. The molecule has 1 saturated carbocycles. The highest BCUT2D eigenvalue weighted by Gasteiger charge is 2.50. The van der Waals surface area contributed by atoms with Crippen LogP contribution in [0.2, 0.25) is 0 Å². The molecule has 0 N–H and O–H groups in total. The molecule has 0 radical (unpaired) electrons. The van der Waals surface area contributed by atoms with Gasteiger partial charge in [0, 0.05) is 18.2 Å². The zero-order valence-electron chi connectivity index (χ0n) is 16.5. The lowest BCUT2D eigenvalue weighted by Crippen LogP contribution is -2.38. The van der Waals surface area contributed by atoms with Gasteiger partial charge in [0.1, 0.15) is 0 Å². The number of thioether (sulfide) groups is 1. The quantitative estimate of drug-likeness (QED) is 0.722. The van der Waals surface area contributed by atoms with Crippen LogP contribution in [0.3, 0.4) is 0 Å². The van der Waals surface area contributed by atoms with Crippen molar-refractivity contribution >= 4 is 17.7 Å². The second-order valence-corrected chi connectivity index (χ2v) is 10.1. The Balaban J connectivity index is 1.40. The van der Waals surface area contributed by atoms with Crippen LogP contribution < -0.4 is 0 Å². The predicted octanol–water partition coefficient (Wildman–Crippen LogP) is 4.56. The molecule has 1 aliphatic carbocycles. The van der Waals surface area contributed by atoms with Gasteiger partial charge in [0.25, 0.3) is 5.22 Å². The second-order valence-electron chi connectivity index (χ2n) is 9.21. The molecule has 5 nitrogen and oxygen atoms in total. The molecule has 1 saturated heterocycles. The molecule has 2 atom stereocenters. The minimum absolute atomic E-state index is 0.182. The molecule has 1 aromatic heterocycles. The number of amides is 1. The minimum atomic E-state index is 0.182. The third kappa shape index (κ3) is 3.77. The SMILES string of the molecule is Cc1ccccc1-c1nnc(SCC(=O)N2C[C@@]3(C)C[C@@H]2CC(C)(C)C3)o1. The molecule has 1 aromatic carbocycles. The number of rotatable bonds is 4. The van der Waals surface area contributed by atoms with Crippen molar-refractivity contribution in [1.82, 2.24) is 15.1 Å². The van der Waals surface area contributed by atoms with Gasteiger partial charge in [-0.1, -0.05) is 50.7 Å². The van der Waals surface area contributed by atoms with Gasteiger partial charge in [-0.25, -0.2) is 0 Å². The van der Waals surface area contributed by atoms with E-state index >= 15 is 0 Å². The summed E-state index contributed by atoms with van der Waals surface area (Å²) in [4.78, 5) is 15.0. The zero-order valence-corrected chi connectivity index (χ0v) is 17.3. The van der Waals surface area contributed by atoms with Gasteiger partial charge in [-0.05, 0) is 48.6 Å². The van der Waals surface area contributed by atoms with E-state index in [-0.39, 0.29) is 11.3 Å². The standard InChI is InChI=1S/C21H27N3O2S/c1-14-7-5-6-8-16(14)18-22-23-19(26-18)27-11-17(25)24-13-21(4)10-15(24)9-20(2,3)12-21/h5-8,15H,9-13H2,1-4H3/t15-,21-/m0/s1. The first-order valence-electron chi connectivity index (χ1n) is 9.57. The first-order valence-corrected chi connectivity index (χ1v) is 10.6. The van der Waals surface area contributed by atoms with Gasteiger partial charge < -0.3 is 9.32 Å². The number of carbonyl (C=O) groups is 1. The fourth-order valence-electron chi connectivity index (χ4n) is 5.15. The molecule has 2 fully saturated rings. The summed E-state index contributed by atoms with van der Waals surface area (Å²) in [7, 11) is 0. The number of nitrogens with zero attached hydrogens (tertiary/aromatic N) is 3. The summed E-state index contributed by atoms with van der Waals surface area (Å²) < 4.78 is 5.77. The van der Waals surface area contributed by atoms with Gasteiger partial charge in [0.15, 0.2) is 0 Å². The van der Waals surface area contributed by atoms with Gasteiger partial charge >= 0.3 is 0 Å². The highest BCUT2D eigenvalue weighted by atomic mass is 32.2. The number of benzene rings is 1. The minimum Gasteiger partial charge on any atom is -0.411 e. The fourth-order valence-corrected chi connectivity index (χ4v) is 5.80. The van der Waals surface area contributed by atoms with Crippen molar-refractivity contribution in [2.45, 2.75) is 58.2 Å². The van der Waals surface area contributed by atoms with Crippen LogP contribution >= 0.6 is 11.8 Å². The molecule has 4 rings (SSSR count). The molecule has 6 heteroatoms. The summed E-state index contributed by atoms with van der Waals surface area (Å²) in [6.07, 6.45) is 3.42. The van der Waals surface area contributed by atoms with Crippen LogP contribution in [-0.4, -0.2) is 39.3 Å². The van der Waals surface area contributed by atoms with Crippen molar-refractivity contribution in [1.29, 1.82) is 0 Å². The summed E-state index contributed by atoms with van der Waals surface area (Å²) in [5, 5.41) is 8.71. The van der Waals surface area contributed by atoms with Crippen molar-refractivity contribution in [2.75, 3.05) is 12.3 Å². The molecular weight excluding hydrogens is 358 g/mol. The molecule has 27 heavy (non-hydrogen) atoms. The summed E-state index contributed by atoms with van der Waals surface area (Å²) >= 11 is 1.34. The maximum atomic E-state index is 12.9. The molecule has 1 aliphatic heterocycles. The lowest BCUT2D eigenvalue weighted by atomic mass is 9.65. The average Bonchev–Trinajstić information content (AvgIpc) is 3.14. The van der Waals surface area contributed by atoms with E-state index in [0.29, 0.717) is 28.3 Å². The molecule has 0 unspecified atom stereocenters. The van der Waals surface area contributed by atoms with Crippen LogP contribution in [0.4, 0.5) is 0 Å². The van der Waals surface area contributed by atoms with E-state index in [1.165, 1.54) is 18.2 Å². The average molecular weight is 386 g/mol. The maximum absolute atomic E-state index is 12.9. The van der Waals surface area contributed by atoms with Crippen LogP contribution in [0.5, 0.6) is 0 Å². The smallest absolute Gasteiger partial charge is 0.277 e. The number of hydrogen-bond donors (Lipinski definition) is 0. The van der Waals surface area contributed by atoms with Gasteiger partial charge in [-0.3, -0.25) is 4.79 Å². The Hall–Kier alpha value is -1.82. The number of carbonyl (C=O) groups excluding carboxylic acids is 1. The molecule has 2 heterocycles. The Kier molecular flexibility index (Phi) is 4.57. The highest BCUT2D eigenvalue weighted by molar-refractivity contribution is 7.99. The number of aromatic nitrogens is 2. The maximum Gasteiger partial charge on any atom is 0.277 e. The summed E-state index contributed by atoms with van der Waals surface area (Å²) in [6, 6.07) is 8.30. The molecular formula is C21H27N3O2S. The van der Waals surface area contributed by atoms with Crippen molar-refractivity contribution in [3.63, 3.8) is 0 Å². The lowest BCUT2D eigenvalue weighted by Gasteiger charge is -2.39. The summed E-state index contributed by atoms with van der Waals surface area (Å²) in [6.45, 7) is 9.87. The Morgan fingerprint density at radius 3 is 2.81 bits per heavy atom. The third-order valence-corrected chi connectivity index (χ3v) is 6.64.